The van der Waals surface area contributed by atoms with Crippen LogP contribution < -0.4 is 15.5 Å². The van der Waals surface area contributed by atoms with Crippen LogP contribution in [0, 0.1) is 11.3 Å². The van der Waals surface area contributed by atoms with Crippen LogP contribution in [0.1, 0.15) is 18.4 Å². The SMILES string of the molecule is N#Cc1cc(-c2ccsc2)ccc1N1CCC(NC(=O)C2CC(F)CN2)C1. The molecule has 7 heteroatoms. The standard InChI is InChI=1S/C20H21FN4OS/c21-16-8-18(23-10-16)20(26)24-17-3-5-25(11-17)19-2-1-13(7-15(19)9-22)14-4-6-27-12-14/h1-2,4,6-7,12,16-18,23H,3,5,8,10-11H2,(H,24,26). The van der Waals surface area contributed by atoms with Crippen molar-refractivity contribution < 1.29 is 9.18 Å². The molecule has 3 unspecified atom stereocenters. The third-order valence-corrected chi connectivity index (χ3v) is 5.92. The van der Waals surface area contributed by atoms with E-state index in [0.717, 1.165) is 29.8 Å². The first-order chi connectivity index (χ1) is 13.1. The van der Waals surface area contributed by atoms with E-state index in [0.29, 0.717) is 12.1 Å². The molecule has 1 aromatic carbocycles. The van der Waals surface area contributed by atoms with Crippen molar-refractivity contribution in [2.45, 2.75) is 31.1 Å². The smallest absolute Gasteiger partial charge is 0.237 e. The Morgan fingerprint density at radius 2 is 2.26 bits per heavy atom. The van der Waals surface area contributed by atoms with Gasteiger partial charge in [-0.2, -0.15) is 16.6 Å². The molecule has 0 aliphatic carbocycles. The number of nitrogens with one attached hydrogen (secondary N) is 2. The third-order valence-electron chi connectivity index (χ3n) is 5.24. The lowest BCUT2D eigenvalue weighted by molar-refractivity contribution is -0.123. The minimum absolute atomic E-state index is 0.0149. The Bertz CT molecular complexity index is 863. The summed E-state index contributed by atoms with van der Waals surface area (Å²) in [6.45, 7) is 1.68. The number of hydrogen-bond donors (Lipinski definition) is 2. The fourth-order valence-electron chi connectivity index (χ4n) is 3.80. The molecule has 2 saturated heterocycles. The maximum absolute atomic E-state index is 13.3. The molecule has 1 aromatic heterocycles. The highest BCUT2D eigenvalue weighted by Gasteiger charge is 2.32. The normalized spacial score (nSPS) is 24.7. The monoisotopic (exact) mass is 384 g/mol. The predicted molar refractivity (Wildman–Crippen MR) is 105 cm³/mol. The van der Waals surface area contributed by atoms with Gasteiger partial charge in [-0.3, -0.25) is 4.79 Å². The second-order valence-electron chi connectivity index (χ2n) is 7.09. The Balaban J connectivity index is 1.42. The summed E-state index contributed by atoms with van der Waals surface area (Å²) in [6.07, 6.45) is 0.111. The molecular weight excluding hydrogens is 363 g/mol. The number of nitriles is 1. The lowest BCUT2D eigenvalue weighted by atomic mass is 10.0. The van der Waals surface area contributed by atoms with Gasteiger partial charge in [-0.1, -0.05) is 6.07 Å². The molecule has 2 aliphatic rings. The van der Waals surface area contributed by atoms with Gasteiger partial charge in [0, 0.05) is 32.1 Å². The highest BCUT2D eigenvalue weighted by atomic mass is 32.1. The Morgan fingerprint density at radius 3 is 2.96 bits per heavy atom. The Labute approximate surface area is 161 Å². The highest BCUT2D eigenvalue weighted by Crippen LogP contribution is 2.30. The zero-order valence-electron chi connectivity index (χ0n) is 14.8. The van der Waals surface area contributed by atoms with E-state index in [2.05, 4.69) is 27.0 Å². The van der Waals surface area contributed by atoms with Crippen LogP contribution in [-0.2, 0) is 4.79 Å². The minimum atomic E-state index is -0.944. The molecule has 0 saturated carbocycles. The zero-order valence-corrected chi connectivity index (χ0v) is 15.6. The maximum Gasteiger partial charge on any atom is 0.237 e. The largest absolute Gasteiger partial charge is 0.368 e. The molecule has 4 rings (SSSR count). The van der Waals surface area contributed by atoms with Crippen molar-refractivity contribution in [2.75, 3.05) is 24.5 Å². The van der Waals surface area contributed by atoms with Gasteiger partial charge in [0.1, 0.15) is 12.2 Å². The van der Waals surface area contributed by atoms with E-state index in [1.165, 1.54) is 0 Å². The molecule has 2 aromatic rings. The Hall–Kier alpha value is -2.43. The topological polar surface area (TPSA) is 68.2 Å². The van der Waals surface area contributed by atoms with Crippen molar-refractivity contribution in [3.63, 3.8) is 0 Å². The van der Waals surface area contributed by atoms with Crippen LogP contribution in [0.15, 0.2) is 35.0 Å². The summed E-state index contributed by atoms with van der Waals surface area (Å²) in [5.41, 5.74) is 3.69. The first kappa shape index (κ1) is 18.0. The Morgan fingerprint density at radius 1 is 1.37 bits per heavy atom. The quantitative estimate of drug-likeness (QED) is 0.851. The predicted octanol–water partition coefficient (Wildman–Crippen LogP) is 2.68. The van der Waals surface area contributed by atoms with Crippen molar-refractivity contribution in [1.29, 1.82) is 5.26 Å². The number of rotatable bonds is 4. The number of carbonyl (C=O) groups excluding carboxylic acids is 1. The molecule has 0 bridgehead atoms. The summed E-state index contributed by atoms with van der Waals surface area (Å²) >= 11 is 1.63. The first-order valence-electron chi connectivity index (χ1n) is 9.13. The number of carbonyl (C=O) groups is 1. The van der Waals surface area contributed by atoms with Crippen LogP contribution in [-0.4, -0.2) is 43.8 Å². The van der Waals surface area contributed by atoms with Gasteiger partial charge in [0.15, 0.2) is 0 Å². The van der Waals surface area contributed by atoms with Crippen LogP contribution in [0.2, 0.25) is 0 Å². The average Bonchev–Trinajstić information content (AvgIpc) is 3.43. The van der Waals surface area contributed by atoms with Gasteiger partial charge in [-0.05, 0) is 46.5 Å². The second-order valence-corrected chi connectivity index (χ2v) is 7.87. The molecule has 2 N–H and O–H groups in total. The van der Waals surface area contributed by atoms with Crippen LogP contribution in [0.3, 0.4) is 0 Å². The number of alkyl halides is 1. The molecule has 3 heterocycles. The molecule has 0 radical (unpaired) electrons. The van der Waals surface area contributed by atoms with Gasteiger partial charge < -0.3 is 15.5 Å². The number of benzene rings is 1. The number of halogens is 1. The molecule has 1 amide bonds. The van der Waals surface area contributed by atoms with Crippen LogP contribution >= 0.6 is 11.3 Å². The lowest BCUT2D eigenvalue weighted by Gasteiger charge is -2.21. The molecule has 5 nitrogen and oxygen atoms in total. The highest BCUT2D eigenvalue weighted by molar-refractivity contribution is 7.08. The van der Waals surface area contributed by atoms with Gasteiger partial charge in [0.05, 0.1) is 17.3 Å². The van der Waals surface area contributed by atoms with E-state index in [4.69, 9.17) is 0 Å². The fourth-order valence-corrected chi connectivity index (χ4v) is 4.47. The summed E-state index contributed by atoms with van der Waals surface area (Å²) in [5, 5.41) is 19.6. The van der Waals surface area contributed by atoms with E-state index in [1.807, 2.05) is 29.6 Å². The van der Waals surface area contributed by atoms with Crippen molar-refractivity contribution in [2.24, 2.45) is 0 Å². The average molecular weight is 384 g/mol. The number of amides is 1. The minimum Gasteiger partial charge on any atom is -0.368 e. The van der Waals surface area contributed by atoms with Crippen LogP contribution in [0.4, 0.5) is 10.1 Å². The van der Waals surface area contributed by atoms with Crippen LogP contribution in [0.5, 0.6) is 0 Å². The third kappa shape index (κ3) is 3.82. The molecule has 27 heavy (non-hydrogen) atoms. The van der Waals surface area contributed by atoms with E-state index in [9.17, 15) is 14.4 Å². The van der Waals surface area contributed by atoms with E-state index in [-0.39, 0.29) is 24.9 Å². The van der Waals surface area contributed by atoms with E-state index in [1.54, 1.807) is 11.3 Å². The van der Waals surface area contributed by atoms with Gasteiger partial charge in [0.25, 0.3) is 0 Å². The number of nitrogens with zero attached hydrogens (tertiary/aromatic N) is 2. The summed E-state index contributed by atoms with van der Waals surface area (Å²) in [7, 11) is 0. The zero-order chi connectivity index (χ0) is 18.8. The molecule has 2 aliphatic heterocycles. The van der Waals surface area contributed by atoms with Crippen molar-refractivity contribution in [3.05, 3.63) is 40.6 Å². The summed E-state index contributed by atoms with van der Waals surface area (Å²) in [6, 6.07) is 9.87. The number of hydrogen-bond acceptors (Lipinski definition) is 5. The molecule has 140 valence electrons. The summed E-state index contributed by atoms with van der Waals surface area (Å²) in [5.74, 6) is -0.129. The van der Waals surface area contributed by atoms with Crippen molar-refractivity contribution in [3.8, 4) is 17.2 Å². The van der Waals surface area contributed by atoms with Gasteiger partial charge in [-0.15, -0.1) is 0 Å². The first-order valence-corrected chi connectivity index (χ1v) is 10.1. The number of thiophene rings is 1. The number of anilines is 1. The van der Waals surface area contributed by atoms with Crippen molar-refractivity contribution in [1.82, 2.24) is 10.6 Å². The molecule has 0 spiro atoms. The summed E-state index contributed by atoms with van der Waals surface area (Å²) in [4.78, 5) is 14.4. The fraction of sp³-hybridized carbons (Fsp3) is 0.400. The van der Waals surface area contributed by atoms with Gasteiger partial charge in [-0.25, -0.2) is 4.39 Å². The molecule has 3 atom stereocenters. The van der Waals surface area contributed by atoms with E-state index >= 15 is 0 Å². The van der Waals surface area contributed by atoms with Gasteiger partial charge in [0.2, 0.25) is 5.91 Å². The Kier molecular flexibility index (Phi) is 5.10. The molecule has 2 fully saturated rings. The van der Waals surface area contributed by atoms with Gasteiger partial charge >= 0.3 is 0 Å². The second kappa shape index (κ2) is 7.67. The summed E-state index contributed by atoms with van der Waals surface area (Å²) < 4.78 is 13.3. The van der Waals surface area contributed by atoms with Crippen molar-refractivity contribution >= 4 is 22.9 Å². The van der Waals surface area contributed by atoms with E-state index < -0.39 is 12.2 Å². The lowest BCUT2D eigenvalue weighted by Crippen LogP contribution is -2.46. The van der Waals surface area contributed by atoms with Crippen LogP contribution in [0.25, 0.3) is 11.1 Å². The molecular formula is C20H21FN4OS. The maximum atomic E-state index is 13.3.